The average molecular weight is 242 g/mol. The van der Waals surface area contributed by atoms with Crippen LogP contribution in [-0.4, -0.2) is 6.54 Å². The first-order valence-corrected chi connectivity index (χ1v) is 5.75. The van der Waals surface area contributed by atoms with Gasteiger partial charge in [-0.3, -0.25) is 0 Å². The first-order chi connectivity index (χ1) is 7.54. The van der Waals surface area contributed by atoms with Crippen LogP contribution in [0.2, 0.25) is 5.02 Å². The maximum atomic E-state index is 13.0. The van der Waals surface area contributed by atoms with Gasteiger partial charge < -0.3 is 5.32 Å². The van der Waals surface area contributed by atoms with Gasteiger partial charge >= 0.3 is 0 Å². The second-order valence-electron chi connectivity index (χ2n) is 3.95. The van der Waals surface area contributed by atoms with Gasteiger partial charge in [0.15, 0.2) is 0 Å². The highest BCUT2D eigenvalue weighted by molar-refractivity contribution is 6.30. The summed E-state index contributed by atoms with van der Waals surface area (Å²) in [6, 6.07) is 4.99. The Labute approximate surface area is 101 Å². The van der Waals surface area contributed by atoms with Crippen LogP contribution in [0, 0.1) is 5.82 Å². The van der Waals surface area contributed by atoms with Crippen molar-refractivity contribution < 1.29 is 4.39 Å². The van der Waals surface area contributed by atoms with Crippen molar-refractivity contribution >= 4 is 11.6 Å². The van der Waals surface area contributed by atoms with E-state index in [1.807, 2.05) is 13.8 Å². The molecule has 0 saturated carbocycles. The third-order valence-electron chi connectivity index (χ3n) is 2.35. The van der Waals surface area contributed by atoms with Gasteiger partial charge in [-0.1, -0.05) is 30.2 Å². The minimum absolute atomic E-state index is 0.153. The van der Waals surface area contributed by atoms with Crippen molar-refractivity contribution in [2.45, 2.75) is 26.3 Å². The Morgan fingerprint density at radius 2 is 2.25 bits per heavy atom. The van der Waals surface area contributed by atoms with Gasteiger partial charge in [-0.2, -0.15) is 0 Å². The summed E-state index contributed by atoms with van der Waals surface area (Å²) in [6.45, 7) is 8.77. The van der Waals surface area contributed by atoms with E-state index in [1.54, 1.807) is 12.1 Å². The van der Waals surface area contributed by atoms with Gasteiger partial charge in [-0.25, -0.2) is 4.39 Å². The Morgan fingerprint density at radius 3 is 2.75 bits per heavy atom. The van der Waals surface area contributed by atoms with E-state index in [0.29, 0.717) is 0 Å². The summed E-state index contributed by atoms with van der Waals surface area (Å²) in [7, 11) is 0. The van der Waals surface area contributed by atoms with Crippen LogP contribution in [0.5, 0.6) is 0 Å². The van der Waals surface area contributed by atoms with Crippen molar-refractivity contribution in [3.05, 3.63) is 46.8 Å². The smallest absolute Gasteiger partial charge is 0.141 e. The predicted molar refractivity (Wildman–Crippen MR) is 67.3 cm³/mol. The number of halogens is 2. The molecular weight excluding hydrogens is 225 g/mol. The minimum Gasteiger partial charge on any atom is -0.310 e. The molecule has 0 radical (unpaired) electrons. The molecule has 1 N–H and O–H groups in total. The molecule has 0 bridgehead atoms. The molecule has 0 heterocycles. The number of hydrogen-bond donors (Lipinski definition) is 1. The van der Waals surface area contributed by atoms with Crippen molar-refractivity contribution in [2.75, 3.05) is 6.54 Å². The van der Waals surface area contributed by atoms with Gasteiger partial charge in [-0.15, -0.1) is 6.58 Å². The first kappa shape index (κ1) is 13.2. The minimum atomic E-state index is -0.379. The van der Waals surface area contributed by atoms with Gasteiger partial charge in [0.2, 0.25) is 0 Å². The average Bonchev–Trinajstić information content (AvgIpc) is 2.21. The second-order valence-corrected chi connectivity index (χ2v) is 4.35. The zero-order valence-electron chi connectivity index (χ0n) is 9.69. The molecular formula is C13H17ClFN. The van der Waals surface area contributed by atoms with E-state index in [9.17, 15) is 4.39 Å². The standard InChI is InChI=1S/C13H17ClFN/c1-4-16-13(7-9(2)3)10-5-6-12(15)11(14)8-10/h5-6,8,13,16H,2,4,7H2,1,3H3. The molecule has 0 amide bonds. The predicted octanol–water partition coefficient (Wildman–Crippen LogP) is 4.10. The Kier molecular flexibility index (Phi) is 4.97. The molecule has 1 rings (SSSR count). The Balaban J connectivity index is 2.91. The topological polar surface area (TPSA) is 12.0 Å². The van der Waals surface area contributed by atoms with Gasteiger partial charge in [0, 0.05) is 6.04 Å². The third-order valence-corrected chi connectivity index (χ3v) is 2.64. The molecule has 3 heteroatoms. The van der Waals surface area contributed by atoms with Crippen molar-refractivity contribution in [1.82, 2.24) is 5.32 Å². The summed E-state index contributed by atoms with van der Waals surface area (Å²) in [5.74, 6) is -0.379. The molecule has 88 valence electrons. The molecule has 0 spiro atoms. The Hall–Kier alpha value is -0.860. The molecule has 16 heavy (non-hydrogen) atoms. The molecule has 1 unspecified atom stereocenters. The fraction of sp³-hybridized carbons (Fsp3) is 0.385. The zero-order valence-corrected chi connectivity index (χ0v) is 10.4. The van der Waals surface area contributed by atoms with Crippen molar-refractivity contribution in [3.63, 3.8) is 0 Å². The fourth-order valence-electron chi connectivity index (χ4n) is 1.63. The summed E-state index contributed by atoms with van der Waals surface area (Å²) in [4.78, 5) is 0. The van der Waals surface area contributed by atoms with Gasteiger partial charge in [0.25, 0.3) is 0 Å². The fourth-order valence-corrected chi connectivity index (χ4v) is 1.82. The maximum Gasteiger partial charge on any atom is 0.141 e. The van der Waals surface area contributed by atoms with Crippen LogP contribution in [0.1, 0.15) is 31.9 Å². The number of nitrogens with one attached hydrogen (secondary N) is 1. The van der Waals surface area contributed by atoms with E-state index in [-0.39, 0.29) is 16.9 Å². The van der Waals surface area contributed by atoms with Crippen molar-refractivity contribution in [1.29, 1.82) is 0 Å². The summed E-state index contributed by atoms with van der Waals surface area (Å²) in [5.41, 5.74) is 2.09. The van der Waals surface area contributed by atoms with Gasteiger partial charge in [0.05, 0.1) is 5.02 Å². The summed E-state index contributed by atoms with van der Waals surface area (Å²) < 4.78 is 13.0. The molecule has 1 aromatic carbocycles. The van der Waals surface area contributed by atoms with Gasteiger partial charge in [0.1, 0.15) is 5.82 Å². The lowest BCUT2D eigenvalue weighted by molar-refractivity contribution is 0.546. The SMILES string of the molecule is C=C(C)CC(NCC)c1ccc(F)c(Cl)c1. The zero-order chi connectivity index (χ0) is 12.1. The maximum absolute atomic E-state index is 13.0. The van der Waals surface area contributed by atoms with Crippen LogP contribution >= 0.6 is 11.6 Å². The monoisotopic (exact) mass is 241 g/mol. The van der Waals surface area contributed by atoms with E-state index in [4.69, 9.17) is 11.6 Å². The van der Waals surface area contributed by atoms with E-state index in [2.05, 4.69) is 11.9 Å². The van der Waals surface area contributed by atoms with Crippen LogP contribution in [0.3, 0.4) is 0 Å². The molecule has 0 aliphatic rings. The van der Waals surface area contributed by atoms with Crippen LogP contribution < -0.4 is 5.32 Å². The summed E-state index contributed by atoms with van der Waals surface area (Å²) >= 11 is 5.77. The van der Waals surface area contributed by atoms with Crippen LogP contribution in [0.15, 0.2) is 30.4 Å². The molecule has 0 aromatic heterocycles. The van der Waals surface area contributed by atoms with Gasteiger partial charge in [-0.05, 0) is 37.6 Å². The van der Waals surface area contributed by atoms with E-state index in [0.717, 1.165) is 24.1 Å². The number of rotatable bonds is 5. The van der Waals surface area contributed by atoms with E-state index < -0.39 is 0 Å². The van der Waals surface area contributed by atoms with Crippen LogP contribution in [0.4, 0.5) is 4.39 Å². The van der Waals surface area contributed by atoms with Crippen LogP contribution in [0.25, 0.3) is 0 Å². The van der Waals surface area contributed by atoms with Crippen molar-refractivity contribution in [3.8, 4) is 0 Å². The lowest BCUT2D eigenvalue weighted by Crippen LogP contribution is -2.21. The van der Waals surface area contributed by atoms with E-state index >= 15 is 0 Å². The molecule has 1 atom stereocenters. The normalized spacial score (nSPS) is 12.5. The largest absolute Gasteiger partial charge is 0.310 e. The highest BCUT2D eigenvalue weighted by Gasteiger charge is 2.12. The molecule has 0 fully saturated rings. The quantitative estimate of drug-likeness (QED) is 0.766. The number of hydrogen-bond acceptors (Lipinski definition) is 1. The summed E-state index contributed by atoms with van der Waals surface area (Å²) in [6.07, 6.45) is 0.829. The summed E-state index contributed by atoms with van der Waals surface area (Å²) in [5, 5.41) is 3.50. The molecule has 0 aliphatic carbocycles. The molecule has 0 saturated heterocycles. The second kappa shape index (κ2) is 6.02. The Morgan fingerprint density at radius 1 is 1.56 bits per heavy atom. The van der Waals surface area contributed by atoms with Crippen LogP contribution in [-0.2, 0) is 0 Å². The highest BCUT2D eigenvalue weighted by atomic mass is 35.5. The third kappa shape index (κ3) is 3.62. The molecule has 1 nitrogen and oxygen atoms in total. The van der Waals surface area contributed by atoms with E-state index in [1.165, 1.54) is 6.07 Å². The Bertz CT molecular complexity index is 376. The lowest BCUT2D eigenvalue weighted by Gasteiger charge is -2.18. The highest BCUT2D eigenvalue weighted by Crippen LogP contribution is 2.24. The lowest BCUT2D eigenvalue weighted by atomic mass is 10.0. The number of benzene rings is 1. The first-order valence-electron chi connectivity index (χ1n) is 5.37. The molecule has 1 aromatic rings. The molecule has 0 aliphatic heterocycles. The van der Waals surface area contributed by atoms with Crippen molar-refractivity contribution in [2.24, 2.45) is 0 Å².